The minimum Gasteiger partial charge on any atom is -0.508 e. The number of rotatable bonds is 8. The maximum absolute atomic E-state index is 11.0. The van der Waals surface area contributed by atoms with Crippen molar-refractivity contribution in [3.63, 3.8) is 0 Å². The molecule has 44 heavy (non-hydrogen) atoms. The van der Waals surface area contributed by atoms with E-state index in [2.05, 4.69) is 0 Å². The molecule has 3 aliphatic heterocycles. The van der Waals surface area contributed by atoms with E-state index in [1.165, 1.54) is 38.5 Å². The maximum atomic E-state index is 11.0. The summed E-state index contributed by atoms with van der Waals surface area (Å²) in [6.45, 7) is -1.17. The zero-order valence-corrected chi connectivity index (χ0v) is 23.5. The molecule has 3 aliphatic rings. The Morgan fingerprint density at radius 1 is 0.841 bits per heavy atom. The molecule has 0 aromatic heterocycles. The van der Waals surface area contributed by atoms with Crippen LogP contribution in [0, 0.1) is 0 Å². The number of fused-ring (bicyclic) bond motifs is 1. The van der Waals surface area contributed by atoms with Crippen LogP contribution in [0.15, 0.2) is 30.0 Å². The van der Waals surface area contributed by atoms with E-state index in [4.69, 9.17) is 33.2 Å². The van der Waals surface area contributed by atoms with Gasteiger partial charge in [0.1, 0.15) is 59.6 Å². The first-order valence-electron chi connectivity index (χ1n) is 13.5. The summed E-state index contributed by atoms with van der Waals surface area (Å²) >= 11 is 0. The number of ether oxygens (including phenoxy) is 7. The van der Waals surface area contributed by atoms with Crippen LogP contribution in [0.25, 0.3) is 6.08 Å². The van der Waals surface area contributed by atoms with Crippen LogP contribution in [0.4, 0.5) is 0 Å². The average molecular weight is 627 g/mol. The molecule has 0 amide bonds. The van der Waals surface area contributed by atoms with Crippen molar-refractivity contribution in [2.45, 2.75) is 61.4 Å². The zero-order valence-electron chi connectivity index (χ0n) is 23.5. The summed E-state index contributed by atoms with van der Waals surface area (Å²) in [5.74, 6) is -1.03. The van der Waals surface area contributed by atoms with Crippen LogP contribution in [0.3, 0.4) is 0 Å². The van der Waals surface area contributed by atoms with Gasteiger partial charge in [-0.3, -0.25) is 0 Å². The number of methoxy groups -OCH3 is 2. The van der Waals surface area contributed by atoms with Gasteiger partial charge in [-0.15, -0.1) is 0 Å². The van der Waals surface area contributed by atoms with E-state index >= 15 is 0 Å². The van der Waals surface area contributed by atoms with Crippen molar-refractivity contribution in [1.82, 2.24) is 0 Å². The summed E-state index contributed by atoms with van der Waals surface area (Å²) in [4.78, 5) is 0. The minimum atomic E-state index is -1.79. The van der Waals surface area contributed by atoms with Crippen LogP contribution in [-0.4, -0.2) is 129 Å². The van der Waals surface area contributed by atoms with Gasteiger partial charge in [0.25, 0.3) is 0 Å². The van der Waals surface area contributed by atoms with Gasteiger partial charge in [-0.05, 0) is 18.2 Å². The highest BCUT2D eigenvalue weighted by Crippen LogP contribution is 2.47. The third-order valence-electron chi connectivity index (χ3n) is 7.52. The molecule has 2 saturated heterocycles. The van der Waals surface area contributed by atoms with Crippen molar-refractivity contribution >= 4 is 6.08 Å². The zero-order chi connectivity index (χ0) is 31.9. The molecule has 0 spiro atoms. The van der Waals surface area contributed by atoms with E-state index in [0.29, 0.717) is 0 Å². The van der Waals surface area contributed by atoms with E-state index in [1.54, 1.807) is 0 Å². The molecule has 0 radical (unpaired) electrons. The van der Waals surface area contributed by atoms with Crippen molar-refractivity contribution in [2.75, 3.05) is 27.4 Å². The number of aliphatic hydroxyl groups is 6. The van der Waals surface area contributed by atoms with Crippen molar-refractivity contribution < 1.29 is 79.1 Å². The lowest BCUT2D eigenvalue weighted by atomic mass is 9.97. The SMILES string of the molecule is COc1cc(C2Oc3cc(O)cc(O)c3C=C2O[C@@H]2O[C@H](CO)[C@@H](O)[C@H](O)[C@H]2O[C@@H]2OC[C@H](O)[C@H](O)[C@@H]2O)cc(OC)c1O. The van der Waals surface area contributed by atoms with Crippen LogP contribution < -0.4 is 14.2 Å². The Morgan fingerprint density at radius 3 is 2.16 bits per heavy atom. The summed E-state index contributed by atoms with van der Waals surface area (Å²) < 4.78 is 39.5. The van der Waals surface area contributed by atoms with E-state index in [0.717, 1.165) is 6.07 Å². The molecular formula is C28H34O16. The maximum Gasteiger partial charge on any atom is 0.229 e. The summed E-state index contributed by atoms with van der Waals surface area (Å²) in [6, 6.07) is 5.14. The van der Waals surface area contributed by atoms with Gasteiger partial charge < -0.3 is 79.1 Å². The molecule has 16 heteroatoms. The second-order valence-electron chi connectivity index (χ2n) is 10.4. The van der Waals surface area contributed by atoms with E-state index in [1.807, 2.05) is 0 Å². The Kier molecular flexibility index (Phi) is 9.26. The lowest BCUT2D eigenvalue weighted by Crippen LogP contribution is -2.63. The molecule has 16 nitrogen and oxygen atoms in total. The number of aromatic hydroxyl groups is 3. The fraction of sp³-hybridized carbons (Fsp3) is 0.500. The molecule has 2 aromatic carbocycles. The first kappa shape index (κ1) is 31.8. The van der Waals surface area contributed by atoms with Gasteiger partial charge >= 0.3 is 0 Å². The first-order chi connectivity index (χ1) is 21.0. The molecule has 0 saturated carbocycles. The molecule has 0 aliphatic carbocycles. The molecule has 10 atom stereocenters. The van der Waals surface area contributed by atoms with Crippen LogP contribution >= 0.6 is 0 Å². The van der Waals surface area contributed by atoms with E-state index in [9.17, 15) is 46.0 Å². The smallest absolute Gasteiger partial charge is 0.229 e. The summed E-state index contributed by atoms with van der Waals surface area (Å²) in [5, 5.41) is 92.8. The van der Waals surface area contributed by atoms with Crippen molar-refractivity contribution in [1.29, 1.82) is 0 Å². The first-order valence-corrected chi connectivity index (χ1v) is 13.5. The van der Waals surface area contributed by atoms with Gasteiger partial charge in [0.2, 0.25) is 12.0 Å². The number of aliphatic hydroxyl groups excluding tert-OH is 6. The Bertz CT molecular complexity index is 1340. The van der Waals surface area contributed by atoms with Crippen molar-refractivity contribution in [3.05, 3.63) is 41.2 Å². The number of benzene rings is 2. The number of hydrogen-bond donors (Lipinski definition) is 9. The summed E-state index contributed by atoms with van der Waals surface area (Å²) in [7, 11) is 2.63. The molecule has 3 heterocycles. The highest BCUT2D eigenvalue weighted by Gasteiger charge is 2.50. The second kappa shape index (κ2) is 12.8. The van der Waals surface area contributed by atoms with Gasteiger partial charge in [0.15, 0.2) is 30.0 Å². The summed E-state index contributed by atoms with van der Waals surface area (Å²) in [6.07, 6.45) is -14.4. The lowest BCUT2D eigenvalue weighted by Gasteiger charge is -2.45. The van der Waals surface area contributed by atoms with Crippen LogP contribution in [0.5, 0.6) is 34.5 Å². The molecule has 9 N–H and O–H groups in total. The van der Waals surface area contributed by atoms with Gasteiger partial charge in [0.05, 0.1) is 33.0 Å². The topological polar surface area (TPSA) is 247 Å². The average Bonchev–Trinajstić information content (AvgIpc) is 3.00. The van der Waals surface area contributed by atoms with Gasteiger partial charge in [-0.2, -0.15) is 0 Å². The highest BCUT2D eigenvalue weighted by atomic mass is 16.8. The molecule has 2 aromatic rings. The molecule has 1 unspecified atom stereocenters. The van der Waals surface area contributed by atoms with Crippen LogP contribution in [0.1, 0.15) is 17.2 Å². The van der Waals surface area contributed by atoms with Crippen LogP contribution in [0.2, 0.25) is 0 Å². The highest BCUT2D eigenvalue weighted by molar-refractivity contribution is 5.70. The van der Waals surface area contributed by atoms with Gasteiger partial charge in [0, 0.05) is 17.7 Å². The van der Waals surface area contributed by atoms with Gasteiger partial charge in [-0.1, -0.05) is 0 Å². The fourth-order valence-electron chi connectivity index (χ4n) is 5.12. The number of hydrogen-bond acceptors (Lipinski definition) is 16. The number of phenols is 3. The van der Waals surface area contributed by atoms with Crippen molar-refractivity contribution in [2.24, 2.45) is 0 Å². The third-order valence-corrected chi connectivity index (χ3v) is 7.52. The lowest BCUT2D eigenvalue weighted by molar-refractivity contribution is -0.352. The molecule has 0 bridgehead atoms. The van der Waals surface area contributed by atoms with Crippen molar-refractivity contribution in [3.8, 4) is 34.5 Å². The molecule has 5 rings (SSSR count). The molecular weight excluding hydrogens is 592 g/mol. The van der Waals surface area contributed by atoms with Crippen LogP contribution in [-0.2, 0) is 18.9 Å². The Morgan fingerprint density at radius 2 is 1.52 bits per heavy atom. The monoisotopic (exact) mass is 626 g/mol. The Balaban J connectivity index is 1.55. The Hall–Kier alpha value is -3.58. The fourth-order valence-corrected chi connectivity index (χ4v) is 5.12. The second-order valence-corrected chi connectivity index (χ2v) is 10.4. The van der Waals surface area contributed by atoms with E-state index < -0.39 is 74.6 Å². The normalized spacial score (nSPS) is 33.5. The van der Waals surface area contributed by atoms with Gasteiger partial charge in [-0.25, -0.2) is 0 Å². The minimum absolute atomic E-state index is 0.00467. The summed E-state index contributed by atoms with van der Waals surface area (Å²) in [5.41, 5.74) is 0.370. The molecule has 2 fully saturated rings. The third kappa shape index (κ3) is 5.91. The predicted octanol–water partition coefficient (Wildman–Crippen LogP) is -1.43. The largest absolute Gasteiger partial charge is 0.508 e. The molecule has 242 valence electrons. The number of phenolic OH excluding ortho intramolecular Hbond substituents is 3. The van der Waals surface area contributed by atoms with E-state index in [-0.39, 0.29) is 51.4 Å². The predicted molar refractivity (Wildman–Crippen MR) is 144 cm³/mol. The Labute approximate surface area is 250 Å². The standard InChI is InChI=1S/C28H34O16/c1-38-16-3-10(4-17(39-2)21(16)34)25-18(7-12-13(31)5-11(30)6-15(12)41-25)42-28-26(23(36)22(35)19(8-29)43-28)44-27-24(37)20(33)14(32)9-40-27/h3-7,14,19-20,22-37H,8-9H2,1-2H3/t14-,19+,20-,22+,23-,24-,25?,26+,27-,28+/m0/s1. The quantitative estimate of drug-likeness (QED) is 0.163.